The van der Waals surface area contributed by atoms with E-state index in [0.29, 0.717) is 17.7 Å². The Morgan fingerprint density at radius 3 is 2.72 bits per heavy atom. The van der Waals surface area contributed by atoms with E-state index in [1.807, 2.05) is 30.3 Å². The number of rotatable bonds is 3. The molecule has 1 aliphatic carbocycles. The van der Waals surface area contributed by atoms with E-state index >= 15 is 0 Å². The van der Waals surface area contributed by atoms with Crippen molar-refractivity contribution >= 4 is 16.7 Å². The molecule has 0 saturated heterocycles. The molecule has 0 bridgehead atoms. The molecule has 0 radical (unpaired) electrons. The van der Waals surface area contributed by atoms with Gasteiger partial charge in [0.1, 0.15) is 0 Å². The number of ether oxygens (including phenoxy) is 1. The molecule has 4 rings (SSSR count). The van der Waals surface area contributed by atoms with Crippen LogP contribution in [0.4, 0.5) is 0 Å². The second-order valence-corrected chi connectivity index (χ2v) is 6.21. The summed E-state index contributed by atoms with van der Waals surface area (Å²) in [5.74, 6) is -0.339. The molecule has 0 amide bonds. The van der Waals surface area contributed by atoms with Crippen LogP contribution in [0.25, 0.3) is 21.9 Å². The van der Waals surface area contributed by atoms with E-state index in [2.05, 4.69) is 18.2 Å². The molecule has 3 aromatic rings. The molecule has 0 saturated carbocycles. The van der Waals surface area contributed by atoms with Gasteiger partial charge >= 0.3 is 5.97 Å². The predicted molar refractivity (Wildman–Crippen MR) is 97.5 cm³/mol. The van der Waals surface area contributed by atoms with Crippen molar-refractivity contribution in [2.24, 2.45) is 0 Å². The van der Waals surface area contributed by atoms with Crippen LogP contribution < -0.4 is 0 Å². The third kappa shape index (κ3) is 2.47. The van der Waals surface area contributed by atoms with E-state index in [0.717, 1.165) is 29.4 Å². The summed E-state index contributed by atoms with van der Waals surface area (Å²) in [4.78, 5) is 12.1. The number of nitrogens with zero attached hydrogens (tertiary/aromatic N) is 1. The van der Waals surface area contributed by atoms with E-state index in [1.165, 1.54) is 16.5 Å². The van der Waals surface area contributed by atoms with E-state index in [-0.39, 0.29) is 5.97 Å². The molecule has 3 aromatic carbocycles. The van der Waals surface area contributed by atoms with Crippen LogP contribution in [0.15, 0.2) is 48.5 Å². The van der Waals surface area contributed by atoms with Crippen molar-refractivity contribution in [3.8, 4) is 17.2 Å². The molecule has 0 N–H and O–H groups in total. The molecule has 25 heavy (non-hydrogen) atoms. The number of nitriles is 1. The monoisotopic (exact) mass is 327 g/mol. The van der Waals surface area contributed by atoms with Gasteiger partial charge in [-0.15, -0.1) is 0 Å². The molecule has 1 aliphatic rings. The lowest BCUT2D eigenvalue weighted by Gasteiger charge is -2.12. The normalized spacial score (nSPS) is 12.2. The maximum atomic E-state index is 12.1. The fourth-order valence-electron chi connectivity index (χ4n) is 3.74. The highest BCUT2D eigenvalue weighted by atomic mass is 16.5. The Bertz CT molecular complexity index is 1040. The van der Waals surface area contributed by atoms with Crippen molar-refractivity contribution < 1.29 is 9.53 Å². The number of aryl methyl sites for hydroxylation is 2. The van der Waals surface area contributed by atoms with Gasteiger partial charge in [-0.1, -0.05) is 30.3 Å². The first-order valence-corrected chi connectivity index (χ1v) is 8.48. The Labute approximate surface area is 146 Å². The summed E-state index contributed by atoms with van der Waals surface area (Å²) in [5, 5.41) is 12.0. The minimum absolute atomic E-state index is 0.339. The highest BCUT2D eigenvalue weighted by Crippen LogP contribution is 2.39. The Hall–Kier alpha value is -3.12. The molecule has 0 unspecified atom stereocenters. The van der Waals surface area contributed by atoms with Crippen LogP contribution >= 0.6 is 0 Å². The molecule has 0 fully saturated rings. The van der Waals surface area contributed by atoms with Crippen molar-refractivity contribution in [2.75, 3.05) is 6.61 Å². The second-order valence-electron chi connectivity index (χ2n) is 6.21. The molecule has 3 heteroatoms. The first kappa shape index (κ1) is 15.4. The van der Waals surface area contributed by atoms with Crippen molar-refractivity contribution in [1.82, 2.24) is 0 Å². The Balaban J connectivity index is 1.98. The Morgan fingerprint density at radius 2 is 1.92 bits per heavy atom. The standard InChI is InChI=1S/C22H17NO2/c1-2-25-22(24)17-7-3-6-15(11-17)21-18(13-23)12-16-10-9-14-5-4-8-19(21)20(14)16/h3-8,11-12H,2,9-10H2,1H3. The van der Waals surface area contributed by atoms with Gasteiger partial charge in [-0.05, 0) is 65.4 Å². The van der Waals surface area contributed by atoms with Crippen molar-refractivity contribution in [2.45, 2.75) is 19.8 Å². The zero-order valence-electron chi connectivity index (χ0n) is 14.0. The highest BCUT2D eigenvalue weighted by Gasteiger charge is 2.20. The zero-order valence-corrected chi connectivity index (χ0v) is 14.0. The highest BCUT2D eigenvalue weighted by molar-refractivity contribution is 6.04. The van der Waals surface area contributed by atoms with Crippen LogP contribution in [0.5, 0.6) is 0 Å². The fraction of sp³-hybridized carbons (Fsp3) is 0.182. The van der Waals surface area contributed by atoms with Crippen molar-refractivity contribution in [3.63, 3.8) is 0 Å². The zero-order chi connectivity index (χ0) is 17.4. The Morgan fingerprint density at radius 1 is 1.12 bits per heavy atom. The summed E-state index contributed by atoms with van der Waals surface area (Å²) in [6.07, 6.45) is 2.00. The number of esters is 1. The molecule has 0 heterocycles. The van der Waals surface area contributed by atoms with Gasteiger partial charge in [0.25, 0.3) is 0 Å². The summed E-state index contributed by atoms with van der Waals surface area (Å²) in [6.45, 7) is 2.13. The van der Waals surface area contributed by atoms with Crippen LogP contribution in [0, 0.1) is 11.3 Å². The molecule has 0 spiro atoms. The minimum atomic E-state index is -0.339. The van der Waals surface area contributed by atoms with E-state index < -0.39 is 0 Å². The average Bonchev–Trinajstić information content (AvgIpc) is 3.06. The molecule has 0 aliphatic heterocycles. The molecule has 3 nitrogen and oxygen atoms in total. The first-order chi connectivity index (χ1) is 12.2. The van der Waals surface area contributed by atoms with Gasteiger partial charge in [-0.25, -0.2) is 4.79 Å². The summed E-state index contributed by atoms with van der Waals surface area (Å²) >= 11 is 0. The summed E-state index contributed by atoms with van der Waals surface area (Å²) in [7, 11) is 0. The lowest BCUT2D eigenvalue weighted by atomic mass is 9.90. The molecule has 0 aromatic heterocycles. The van der Waals surface area contributed by atoms with Crippen LogP contribution in [0.2, 0.25) is 0 Å². The van der Waals surface area contributed by atoms with Gasteiger partial charge in [0, 0.05) is 5.56 Å². The number of carbonyl (C=O) groups is 1. The topological polar surface area (TPSA) is 50.1 Å². The predicted octanol–water partition coefficient (Wildman–Crippen LogP) is 4.65. The van der Waals surface area contributed by atoms with Crippen molar-refractivity contribution in [1.29, 1.82) is 5.26 Å². The first-order valence-electron chi connectivity index (χ1n) is 8.48. The van der Waals surface area contributed by atoms with Gasteiger partial charge in [-0.2, -0.15) is 5.26 Å². The fourth-order valence-corrected chi connectivity index (χ4v) is 3.74. The van der Waals surface area contributed by atoms with E-state index in [1.54, 1.807) is 13.0 Å². The third-order valence-corrected chi connectivity index (χ3v) is 4.78. The van der Waals surface area contributed by atoms with E-state index in [9.17, 15) is 10.1 Å². The summed E-state index contributed by atoms with van der Waals surface area (Å²) in [5.41, 5.74) is 5.51. The maximum Gasteiger partial charge on any atom is 0.338 e. The van der Waals surface area contributed by atoms with E-state index in [4.69, 9.17) is 4.74 Å². The number of hydrogen-bond donors (Lipinski definition) is 0. The van der Waals surface area contributed by atoms with Gasteiger partial charge < -0.3 is 4.74 Å². The SMILES string of the molecule is CCOC(=O)c1cccc(-c2c(C#N)cc3c4c(cccc24)CC3)c1. The lowest BCUT2D eigenvalue weighted by Crippen LogP contribution is -2.04. The number of carbonyl (C=O) groups excluding carboxylic acids is 1. The number of benzene rings is 3. The summed E-state index contributed by atoms with van der Waals surface area (Å²) in [6, 6.07) is 18.0. The molecular formula is C22H17NO2. The molecule has 122 valence electrons. The molecular weight excluding hydrogens is 310 g/mol. The number of hydrogen-bond acceptors (Lipinski definition) is 3. The van der Waals surface area contributed by atoms with Crippen LogP contribution in [0.3, 0.4) is 0 Å². The van der Waals surface area contributed by atoms with Gasteiger partial charge in [0.2, 0.25) is 0 Å². The smallest absolute Gasteiger partial charge is 0.338 e. The largest absolute Gasteiger partial charge is 0.462 e. The van der Waals surface area contributed by atoms with Gasteiger partial charge in [0.05, 0.1) is 23.8 Å². The maximum absolute atomic E-state index is 12.1. The van der Waals surface area contributed by atoms with Crippen LogP contribution in [0.1, 0.15) is 34.0 Å². The lowest BCUT2D eigenvalue weighted by molar-refractivity contribution is 0.0526. The Kier molecular flexibility index (Phi) is 3.74. The van der Waals surface area contributed by atoms with Gasteiger partial charge in [0.15, 0.2) is 0 Å². The molecule has 0 atom stereocenters. The van der Waals surface area contributed by atoms with Crippen molar-refractivity contribution in [3.05, 3.63) is 70.8 Å². The summed E-state index contributed by atoms with van der Waals surface area (Å²) < 4.78 is 5.11. The average molecular weight is 327 g/mol. The minimum Gasteiger partial charge on any atom is -0.462 e. The van der Waals surface area contributed by atoms with Crippen LogP contribution in [-0.4, -0.2) is 12.6 Å². The van der Waals surface area contributed by atoms with Crippen LogP contribution in [-0.2, 0) is 17.6 Å². The second kappa shape index (κ2) is 6.07. The quantitative estimate of drug-likeness (QED) is 0.658. The third-order valence-electron chi connectivity index (χ3n) is 4.78. The van der Waals surface area contributed by atoms with Gasteiger partial charge in [-0.3, -0.25) is 0 Å².